The van der Waals surface area contributed by atoms with Gasteiger partial charge in [0.05, 0.1) is 23.2 Å². The highest BCUT2D eigenvalue weighted by atomic mass is 32.1. The number of halogens is 2. The smallest absolute Gasteiger partial charge is 0.341 e. The lowest BCUT2D eigenvalue weighted by Crippen LogP contribution is -2.15. The van der Waals surface area contributed by atoms with Gasteiger partial charge in [-0.05, 0) is 54.8 Å². The lowest BCUT2D eigenvalue weighted by molar-refractivity contribution is 0.0527. The molecule has 0 radical (unpaired) electrons. The zero-order valence-electron chi connectivity index (χ0n) is 14.9. The van der Waals surface area contributed by atoms with Crippen molar-refractivity contribution >= 4 is 39.2 Å². The third-order valence-electron chi connectivity index (χ3n) is 4.51. The molecule has 3 aromatic rings. The quantitative estimate of drug-likeness (QED) is 0.573. The Balaban J connectivity index is 1.61. The van der Waals surface area contributed by atoms with E-state index in [9.17, 15) is 18.4 Å². The molecule has 0 bridgehead atoms. The number of anilines is 1. The fraction of sp³-hybridized carbons (Fsp3) is 0.316. The van der Waals surface area contributed by atoms with Crippen LogP contribution in [0, 0.1) is 0 Å². The van der Waals surface area contributed by atoms with E-state index in [1.807, 2.05) is 5.38 Å². The van der Waals surface area contributed by atoms with E-state index in [1.54, 1.807) is 6.92 Å². The number of hydrogen-bond donors (Lipinski definition) is 2. The Morgan fingerprint density at radius 3 is 2.86 bits per heavy atom. The van der Waals surface area contributed by atoms with Gasteiger partial charge in [-0.3, -0.25) is 4.79 Å². The van der Waals surface area contributed by atoms with Gasteiger partial charge in [-0.1, -0.05) is 0 Å². The molecule has 9 heteroatoms. The van der Waals surface area contributed by atoms with Crippen LogP contribution in [-0.4, -0.2) is 28.5 Å². The number of nitrogens with one attached hydrogen (secondary N) is 2. The van der Waals surface area contributed by atoms with Crippen molar-refractivity contribution in [2.75, 3.05) is 11.9 Å². The molecule has 0 atom stereocenters. The molecule has 0 saturated heterocycles. The number of imidazole rings is 1. The van der Waals surface area contributed by atoms with Crippen molar-refractivity contribution in [1.82, 2.24) is 9.97 Å². The number of aromatic nitrogens is 2. The second kappa shape index (κ2) is 7.31. The van der Waals surface area contributed by atoms with Crippen molar-refractivity contribution in [3.63, 3.8) is 0 Å². The van der Waals surface area contributed by atoms with Crippen molar-refractivity contribution in [3.8, 4) is 0 Å². The van der Waals surface area contributed by atoms with Crippen LogP contribution in [0.5, 0.6) is 0 Å². The zero-order valence-corrected chi connectivity index (χ0v) is 15.7. The van der Waals surface area contributed by atoms with Gasteiger partial charge in [-0.25, -0.2) is 18.6 Å². The average Bonchev–Trinajstić information content (AvgIpc) is 3.27. The van der Waals surface area contributed by atoms with Gasteiger partial charge in [0.15, 0.2) is 5.82 Å². The summed E-state index contributed by atoms with van der Waals surface area (Å²) in [5.41, 5.74) is 2.28. The number of alkyl halides is 2. The van der Waals surface area contributed by atoms with Gasteiger partial charge in [-0.15, -0.1) is 11.3 Å². The maximum atomic E-state index is 12.8. The first-order valence-corrected chi connectivity index (χ1v) is 9.73. The normalized spacial score (nSPS) is 13.9. The van der Waals surface area contributed by atoms with Crippen molar-refractivity contribution in [3.05, 3.63) is 46.1 Å². The van der Waals surface area contributed by atoms with Gasteiger partial charge in [0, 0.05) is 5.56 Å². The molecular weight excluding hydrogens is 388 g/mol. The number of thiophene rings is 1. The first-order chi connectivity index (χ1) is 13.5. The average molecular weight is 405 g/mol. The summed E-state index contributed by atoms with van der Waals surface area (Å²) in [6.07, 6.45) is -0.692. The van der Waals surface area contributed by atoms with E-state index in [0.29, 0.717) is 27.5 Å². The summed E-state index contributed by atoms with van der Waals surface area (Å²) in [6, 6.07) is 4.47. The lowest BCUT2D eigenvalue weighted by Gasteiger charge is -2.08. The minimum atomic E-state index is -2.72. The predicted molar refractivity (Wildman–Crippen MR) is 101 cm³/mol. The molecule has 1 aliphatic rings. The molecule has 1 amide bonds. The van der Waals surface area contributed by atoms with Crippen molar-refractivity contribution in [1.29, 1.82) is 0 Å². The number of H-pyrrole nitrogens is 1. The van der Waals surface area contributed by atoms with E-state index >= 15 is 0 Å². The number of amides is 1. The van der Waals surface area contributed by atoms with Gasteiger partial charge in [0.1, 0.15) is 5.00 Å². The maximum Gasteiger partial charge on any atom is 0.341 e. The number of rotatable bonds is 6. The molecule has 1 fully saturated rings. The van der Waals surface area contributed by atoms with Crippen LogP contribution in [0.15, 0.2) is 23.6 Å². The SMILES string of the molecule is CCOC(=O)c1c(C2CC2)csc1NC(=O)c1ccc2nc(C(F)F)[nH]c2c1. The standard InChI is InChI=1S/C19H17F2N3O3S/c1-2-27-19(26)14-11(9-3-4-9)8-28-18(14)24-17(25)10-5-6-12-13(7-10)23-16(22-12)15(20)21/h5-9,15H,2-4H2,1H3,(H,22,23)(H,24,25). The molecule has 1 saturated carbocycles. The van der Waals surface area contributed by atoms with Crippen LogP contribution >= 0.6 is 11.3 Å². The summed E-state index contributed by atoms with van der Waals surface area (Å²) in [6.45, 7) is 1.97. The molecule has 2 heterocycles. The first-order valence-electron chi connectivity index (χ1n) is 8.85. The molecule has 0 spiro atoms. The summed E-state index contributed by atoms with van der Waals surface area (Å²) in [7, 11) is 0. The van der Waals surface area contributed by atoms with Crippen molar-refractivity contribution in [2.45, 2.75) is 32.1 Å². The fourth-order valence-electron chi connectivity index (χ4n) is 3.02. The number of esters is 1. The monoisotopic (exact) mass is 405 g/mol. The molecule has 0 aliphatic heterocycles. The number of fused-ring (bicyclic) bond motifs is 1. The molecule has 4 rings (SSSR count). The number of hydrogen-bond acceptors (Lipinski definition) is 5. The van der Waals surface area contributed by atoms with E-state index in [-0.39, 0.29) is 12.2 Å². The number of nitrogens with zero attached hydrogens (tertiary/aromatic N) is 1. The summed E-state index contributed by atoms with van der Waals surface area (Å²) >= 11 is 1.28. The van der Waals surface area contributed by atoms with Gasteiger partial charge in [0.25, 0.3) is 12.3 Å². The number of carbonyl (C=O) groups is 2. The number of carbonyl (C=O) groups excluding carboxylic acids is 2. The number of benzene rings is 1. The Bertz CT molecular complexity index is 1060. The summed E-state index contributed by atoms with van der Waals surface area (Å²) in [5, 5.41) is 5.07. The third-order valence-corrected chi connectivity index (χ3v) is 5.43. The molecule has 2 aromatic heterocycles. The molecule has 146 valence electrons. The second-order valence-electron chi connectivity index (χ2n) is 6.50. The van der Waals surface area contributed by atoms with Crippen LogP contribution in [-0.2, 0) is 4.74 Å². The summed E-state index contributed by atoms with van der Waals surface area (Å²) < 4.78 is 30.7. The molecule has 28 heavy (non-hydrogen) atoms. The van der Waals surface area contributed by atoms with E-state index < -0.39 is 24.1 Å². The first kappa shape index (κ1) is 18.5. The third kappa shape index (κ3) is 3.49. The minimum Gasteiger partial charge on any atom is -0.462 e. The Hall–Kier alpha value is -2.81. The van der Waals surface area contributed by atoms with Crippen LogP contribution in [0.3, 0.4) is 0 Å². The second-order valence-corrected chi connectivity index (χ2v) is 7.38. The van der Waals surface area contributed by atoms with E-state index in [2.05, 4.69) is 15.3 Å². The summed E-state index contributed by atoms with van der Waals surface area (Å²) in [4.78, 5) is 31.4. The van der Waals surface area contributed by atoms with Crippen LogP contribution in [0.4, 0.5) is 13.8 Å². The van der Waals surface area contributed by atoms with E-state index in [1.165, 1.54) is 29.5 Å². The Morgan fingerprint density at radius 2 is 2.18 bits per heavy atom. The molecule has 0 unspecified atom stereocenters. The van der Waals surface area contributed by atoms with Crippen LogP contribution in [0.25, 0.3) is 11.0 Å². The van der Waals surface area contributed by atoms with Crippen molar-refractivity contribution in [2.24, 2.45) is 0 Å². The van der Waals surface area contributed by atoms with Crippen LogP contribution in [0.2, 0.25) is 0 Å². The van der Waals surface area contributed by atoms with Gasteiger partial charge >= 0.3 is 5.97 Å². The number of aromatic amines is 1. The largest absolute Gasteiger partial charge is 0.462 e. The molecule has 6 nitrogen and oxygen atoms in total. The lowest BCUT2D eigenvalue weighted by atomic mass is 10.1. The molecule has 1 aromatic carbocycles. The Labute approximate surface area is 162 Å². The highest BCUT2D eigenvalue weighted by Crippen LogP contribution is 2.46. The van der Waals surface area contributed by atoms with Crippen LogP contribution < -0.4 is 5.32 Å². The molecule has 2 N–H and O–H groups in total. The topological polar surface area (TPSA) is 84.1 Å². The summed E-state index contributed by atoms with van der Waals surface area (Å²) in [5.74, 6) is -1.00. The van der Waals surface area contributed by atoms with Gasteiger partial charge < -0.3 is 15.0 Å². The van der Waals surface area contributed by atoms with E-state index in [0.717, 1.165) is 18.4 Å². The Kier molecular flexibility index (Phi) is 4.84. The predicted octanol–water partition coefficient (Wildman–Crippen LogP) is 4.87. The minimum absolute atomic E-state index is 0.245. The van der Waals surface area contributed by atoms with Crippen LogP contribution in [0.1, 0.15) is 64.2 Å². The highest BCUT2D eigenvalue weighted by Gasteiger charge is 2.32. The Morgan fingerprint density at radius 1 is 1.39 bits per heavy atom. The molecular formula is C19H17F2N3O3S. The highest BCUT2D eigenvalue weighted by molar-refractivity contribution is 7.15. The fourth-order valence-corrected chi connectivity index (χ4v) is 4.05. The van der Waals surface area contributed by atoms with Gasteiger partial charge in [-0.2, -0.15) is 0 Å². The maximum absolute atomic E-state index is 12.8. The number of ether oxygens (including phenoxy) is 1. The van der Waals surface area contributed by atoms with E-state index in [4.69, 9.17) is 4.74 Å². The zero-order chi connectivity index (χ0) is 19.8. The molecule has 1 aliphatic carbocycles. The van der Waals surface area contributed by atoms with Gasteiger partial charge in [0.2, 0.25) is 0 Å². The van der Waals surface area contributed by atoms with Crippen molar-refractivity contribution < 1.29 is 23.1 Å².